The van der Waals surface area contributed by atoms with Gasteiger partial charge in [-0.3, -0.25) is 5.10 Å². The quantitative estimate of drug-likeness (QED) is 0.763. The van der Waals surface area contributed by atoms with Crippen LogP contribution in [0, 0.1) is 0 Å². The van der Waals surface area contributed by atoms with Gasteiger partial charge in [-0.1, -0.05) is 37.3 Å². The molecule has 0 saturated heterocycles. The van der Waals surface area contributed by atoms with Gasteiger partial charge in [0.15, 0.2) is 0 Å². The molecule has 0 fully saturated rings. The number of nitrogens with one attached hydrogen (secondary N) is 2. The Labute approximate surface area is 141 Å². The standard InChI is InChI=1S/C17H24N4OS/c1-4-23-11-10-18-17(22)21(3)13(2)15-12-16(20-19-15)14-8-6-5-7-9-14/h5-9,12-13H,4,10-11H2,1-3H3,(H,18,22)(H,19,20)/t13-/m1/s1. The number of H-pyrrole nitrogens is 1. The Morgan fingerprint density at radius 2 is 2.13 bits per heavy atom. The van der Waals surface area contributed by atoms with Gasteiger partial charge in [0, 0.05) is 24.9 Å². The SMILES string of the molecule is CCSCCNC(=O)N(C)[C@H](C)c1cc(-c2ccccc2)n[nH]1. The van der Waals surface area contributed by atoms with Crippen molar-refractivity contribution in [3.8, 4) is 11.3 Å². The van der Waals surface area contributed by atoms with Gasteiger partial charge in [0.05, 0.1) is 17.4 Å². The second kappa shape index (κ2) is 8.62. The van der Waals surface area contributed by atoms with Crippen molar-refractivity contribution in [1.29, 1.82) is 0 Å². The molecular formula is C17H24N4OS. The molecule has 6 heteroatoms. The third kappa shape index (κ3) is 4.76. The molecule has 23 heavy (non-hydrogen) atoms. The molecule has 0 radical (unpaired) electrons. The summed E-state index contributed by atoms with van der Waals surface area (Å²) in [5.74, 6) is 2.01. The van der Waals surface area contributed by atoms with E-state index >= 15 is 0 Å². The lowest BCUT2D eigenvalue weighted by molar-refractivity contribution is 0.194. The van der Waals surface area contributed by atoms with Crippen LogP contribution in [0.15, 0.2) is 36.4 Å². The van der Waals surface area contributed by atoms with Crippen LogP contribution in [0.5, 0.6) is 0 Å². The fraction of sp³-hybridized carbons (Fsp3) is 0.412. The van der Waals surface area contributed by atoms with Gasteiger partial charge < -0.3 is 10.2 Å². The Kier molecular flexibility index (Phi) is 6.52. The summed E-state index contributed by atoms with van der Waals surface area (Å²) in [6, 6.07) is 11.9. The van der Waals surface area contributed by atoms with E-state index in [1.807, 2.05) is 55.1 Å². The second-order valence-electron chi connectivity index (χ2n) is 5.29. The summed E-state index contributed by atoms with van der Waals surface area (Å²) in [5, 5.41) is 10.3. The Balaban J connectivity index is 1.96. The van der Waals surface area contributed by atoms with E-state index in [4.69, 9.17) is 0 Å². The van der Waals surface area contributed by atoms with Crippen molar-refractivity contribution in [1.82, 2.24) is 20.4 Å². The topological polar surface area (TPSA) is 61.0 Å². The molecule has 2 N–H and O–H groups in total. The summed E-state index contributed by atoms with van der Waals surface area (Å²) in [6.07, 6.45) is 0. The minimum Gasteiger partial charge on any atom is -0.337 e. The van der Waals surface area contributed by atoms with Gasteiger partial charge in [0.2, 0.25) is 0 Å². The number of benzene rings is 1. The highest BCUT2D eigenvalue weighted by atomic mass is 32.2. The van der Waals surface area contributed by atoms with Gasteiger partial charge in [-0.2, -0.15) is 16.9 Å². The van der Waals surface area contributed by atoms with Crippen LogP contribution in [0.25, 0.3) is 11.3 Å². The molecule has 0 aliphatic rings. The van der Waals surface area contributed by atoms with E-state index in [9.17, 15) is 4.79 Å². The molecule has 1 heterocycles. The molecule has 0 bridgehead atoms. The molecule has 0 unspecified atom stereocenters. The number of hydrogen-bond donors (Lipinski definition) is 2. The van der Waals surface area contributed by atoms with Crippen LogP contribution in [0.1, 0.15) is 25.6 Å². The highest BCUT2D eigenvalue weighted by Gasteiger charge is 2.19. The molecule has 0 saturated carbocycles. The molecule has 124 valence electrons. The number of rotatable bonds is 7. The number of carbonyl (C=O) groups excluding carboxylic acids is 1. The first kappa shape index (κ1) is 17.4. The number of thioether (sulfide) groups is 1. The third-order valence-electron chi connectivity index (χ3n) is 3.75. The van der Waals surface area contributed by atoms with E-state index in [-0.39, 0.29) is 12.1 Å². The summed E-state index contributed by atoms with van der Waals surface area (Å²) in [7, 11) is 1.80. The van der Waals surface area contributed by atoms with Crippen LogP contribution in [0.3, 0.4) is 0 Å². The zero-order valence-corrected chi connectivity index (χ0v) is 14.7. The van der Waals surface area contributed by atoms with Gasteiger partial charge in [-0.25, -0.2) is 4.79 Å². The average Bonchev–Trinajstić information content (AvgIpc) is 3.08. The predicted molar refractivity (Wildman–Crippen MR) is 96.6 cm³/mol. The van der Waals surface area contributed by atoms with Gasteiger partial charge in [-0.15, -0.1) is 0 Å². The zero-order valence-electron chi connectivity index (χ0n) is 13.9. The van der Waals surface area contributed by atoms with Crippen LogP contribution in [0.2, 0.25) is 0 Å². The summed E-state index contributed by atoms with van der Waals surface area (Å²) in [5.41, 5.74) is 2.87. The van der Waals surface area contributed by atoms with E-state index in [1.54, 1.807) is 11.9 Å². The van der Waals surface area contributed by atoms with Crippen LogP contribution < -0.4 is 5.32 Å². The number of aromatic nitrogens is 2. The van der Waals surface area contributed by atoms with Crippen molar-refractivity contribution >= 4 is 17.8 Å². The van der Waals surface area contributed by atoms with Crippen molar-refractivity contribution < 1.29 is 4.79 Å². The van der Waals surface area contributed by atoms with Gasteiger partial charge >= 0.3 is 6.03 Å². The minimum atomic E-state index is -0.0706. The maximum atomic E-state index is 12.2. The minimum absolute atomic E-state index is 0.0648. The van der Waals surface area contributed by atoms with E-state index in [0.717, 1.165) is 28.5 Å². The maximum absolute atomic E-state index is 12.2. The first-order valence-corrected chi connectivity index (χ1v) is 8.98. The molecule has 2 aromatic rings. The number of hydrogen-bond acceptors (Lipinski definition) is 3. The van der Waals surface area contributed by atoms with E-state index < -0.39 is 0 Å². The molecule has 2 amide bonds. The Morgan fingerprint density at radius 1 is 1.39 bits per heavy atom. The number of urea groups is 1. The smallest absolute Gasteiger partial charge is 0.317 e. The van der Waals surface area contributed by atoms with Crippen LogP contribution in [-0.2, 0) is 0 Å². The van der Waals surface area contributed by atoms with Gasteiger partial charge in [0.1, 0.15) is 0 Å². The Hall–Kier alpha value is -1.95. The van der Waals surface area contributed by atoms with E-state index in [1.165, 1.54) is 0 Å². The van der Waals surface area contributed by atoms with Crippen molar-refractivity contribution in [2.75, 3.05) is 25.1 Å². The zero-order chi connectivity index (χ0) is 16.7. The molecule has 5 nitrogen and oxygen atoms in total. The second-order valence-corrected chi connectivity index (χ2v) is 6.68. The Morgan fingerprint density at radius 3 is 2.83 bits per heavy atom. The highest BCUT2D eigenvalue weighted by molar-refractivity contribution is 7.99. The van der Waals surface area contributed by atoms with Crippen LogP contribution in [0.4, 0.5) is 4.79 Å². The number of nitrogens with zero attached hydrogens (tertiary/aromatic N) is 2. The van der Waals surface area contributed by atoms with Crippen LogP contribution in [-0.4, -0.2) is 46.2 Å². The van der Waals surface area contributed by atoms with E-state index in [0.29, 0.717) is 6.54 Å². The lowest BCUT2D eigenvalue weighted by Gasteiger charge is -2.24. The molecule has 0 aliphatic carbocycles. The largest absolute Gasteiger partial charge is 0.337 e. The number of amides is 2. The summed E-state index contributed by atoms with van der Waals surface area (Å²) in [6.45, 7) is 4.79. The molecule has 1 aromatic carbocycles. The monoisotopic (exact) mass is 332 g/mol. The number of aromatic amines is 1. The van der Waals surface area contributed by atoms with Crippen LogP contribution >= 0.6 is 11.8 Å². The highest BCUT2D eigenvalue weighted by Crippen LogP contribution is 2.22. The summed E-state index contributed by atoms with van der Waals surface area (Å²) >= 11 is 1.82. The normalized spacial score (nSPS) is 12.0. The van der Waals surface area contributed by atoms with Crippen molar-refractivity contribution in [2.24, 2.45) is 0 Å². The summed E-state index contributed by atoms with van der Waals surface area (Å²) in [4.78, 5) is 13.9. The molecule has 1 aromatic heterocycles. The Bertz CT molecular complexity index is 614. The fourth-order valence-corrected chi connectivity index (χ4v) is 2.73. The van der Waals surface area contributed by atoms with E-state index in [2.05, 4.69) is 22.4 Å². The molecule has 0 spiro atoms. The van der Waals surface area contributed by atoms with Crippen molar-refractivity contribution in [3.05, 3.63) is 42.1 Å². The van der Waals surface area contributed by atoms with Crippen molar-refractivity contribution in [2.45, 2.75) is 19.9 Å². The molecule has 1 atom stereocenters. The molecule has 2 rings (SSSR count). The lowest BCUT2D eigenvalue weighted by Crippen LogP contribution is -2.39. The fourth-order valence-electron chi connectivity index (χ4n) is 2.19. The lowest BCUT2D eigenvalue weighted by atomic mass is 10.1. The van der Waals surface area contributed by atoms with Crippen molar-refractivity contribution in [3.63, 3.8) is 0 Å². The van der Waals surface area contributed by atoms with Gasteiger partial charge in [0.25, 0.3) is 0 Å². The predicted octanol–water partition coefficient (Wildman–Crippen LogP) is 3.53. The first-order chi connectivity index (χ1) is 11.1. The first-order valence-electron chi connectivity index (χ1n) is 7.82. The van der Waals surface area contributed by atoms with Gasteiger partial charge in [-0.05, 0) is 18.7 Å². The number of carbonyl (C=O) groups is 1. The molecular weight excluding hydrogens is 308 g/mol. The third-order valence-corrected chi connectivity index (χ3v) is 4.65. The maximum Gasteiger partial charge on any atom is 0.317 e. The summed E-state index contributed by atoms with van der Waals surface area (Å²) < 4.78 is 0. The average molecular weight is 332 g/mol. The molecule has 0 aliphatic heterocycles.